The first-order valence-electron chi connectivity index (χ1n) is 7.11. The zero-order valence-corrected chi connectivity index (χ0v) is 12.7. The van der Waals surface area contributed by atoms with Crippen LogP contribution in [-0.2, 0) is 33.4 Å². The largest absolute Gasteiger partial charge is 0.462 e. The second-order valence-electron chi connectivity index (χ2n) is 5.22. The van der Waals surface area contributed by atoms with Crippen LogP contribution in [0.5, 0.6) is 0 Å². The number of hydrogen-bond donors (Lipinski definition) is 0. The Kier molecular flexibility index (Phi) is 7.28. The summed E-state index contributed by atoms with van der Waals surface area (Å²) in [5.74, 6) is -2.50. The molecule has 0 radical (unpaired) electrons. The number of hydrogen-bond acceptors (Lipinski definition) is 7. The van der Waals surface area contributed by atoms with Crippen molar-refractivity contribution in [3.8, 4) is 0 Å². The van der Waals surface area contributed by atoms with Crippen LogP contribution in [-0.4, -0.2) is 37.1 Å². The first-order chi connectivity index (χ1) is 10.4. The molecular formula is C15H20O7. The summed E-state index contributed by atoms with van der Waals surface area (Å²) >= 11 is 0. The van der Waals surface area contributed by atoms with Gasteiger partial charge in [-0.1, -0.05) is 13.8 Å². The molecule has 1 unspecified atom stereocenters. The minimum absolute atomic E-state index is 0.0308. The first-order valence-corrected chi connectivity index (χ1v) is 7.11. The van der Waals surface area contributed by atoms with Gasteiger partial charge in [-0.15, -0.1) is 0 Å². The Morgan fingerprint density at radius 3 is 2.32 bits per heavy atom. The van der Waals surface area contributed by atoms with Gasteiger partial charge in [-0.2, -0.15) is 0 Å². The molecule has 1 aliphatic carbocycles. The minimum Gasteiger partial charge on any atom is -0.462 e. The molecule has 0 saturated heterocycles. The van der Waals surface area contributed by atoms with E-state index in [1.165, 1.54) is 0 Å². The Morgan fingerprint density at radius 2 is 1.77 bits per heavy atom. The van der Waals surface area contributed by atoms with Crippen molar-refractivity contribution in [3.05, 3.63) is 12.2 Å². The topological polar surface area (TPSA) is 96.0 Å². The highest BCUT2D eigenvalue weighted by molar-refractivity contribution is 5.92. The fraction of sp³-hybridized carbons (Fsp3) is 0.600. The van der Waals surface area contributed by atoms with Crippen LogP contribution in [0.2, 0.25) is 0 Å². The molecule has 122 valence electrons. The summed E-state index contributed by atoms with van der Waals surface area (Å²) in [4.78, 5) is 45.1. The van der Waals surface area contributed by atoms with E-state index >= 15 is 0 Å². The lowest BCUT2D eigenvalue weighted by Crippen LogP contribution is -2.17. The van der Waals surface area contributed by atoms with E-state index in [4.69, 9.17) is 4.74 Å². The van der Waals surface area contributed by atoms with Crippen molar-refractivity contribution < 1.29 is 33.4 Å². The van der Waals surface area contributed by atoms with Gasteiger partial charge in [-0.05, 0) is 12.8 Å². The highest BCUT2D eigenvalue weighted by Gasteiger charge is 2.25. The number of ether oxygens (including phenoxy) is 3. The quantitative estimate of drug-likeness (QED) is 0.395. The molecule has 0 bridgehead atoms. The maximum Gasteiger partial charge on any atom is 0.333 e. The molecule has 0 amide bonds. The lowest BCUT2D eigenvalue weighted by molar-refractivity contribution is -0.166. The average molecular weight is 312 g/mol. The van der Waals surface area contributed by atoms with Crippen molar-refractivity contribution in [3.63, 3.8) is 0 Å². The first kappa shape index (κ1) is 17.9. The zero-order chi connectivity index (χ0) is 16.5. The molecule has 0 aromatic heterocycles. The maximum absolute atomic E-state index is 11.4. The van der Waals surface area contributed by atoms with Gasteiger partial charge in [0.2, 0.25) is 6.79 Å². The van der Waals surface area contributed by atoms with Crippen LogP contribution in [0, 0.1) is 11.8 Å². The van der Waals surface area contributed by atoms with Crippen LogP contribution >= 0.6 is 0 Å². The Balaban J connectivity index is 2.19. The number of Topliss-reactive ketones (excluding diaryl/α,β-unsaturated/α-hetero) is 1. The van der Waals surface area contributed by atoms with Crippen LogP contribution in [0.15, 0.2) is 12.2 Å². The van der Waals surface area contributed by atoms with Crippen molar-refractivity contribution >= 4 is 23.7 Å². The van der Waals surface area contributed by atoms with Crippen molar-refractivity contribution in [1.29, 1.82) is 0 Å². The van der Waals surface area contributed by atoms with Crippen LogP contribution < -0.4 is 0 Å². The van der Waals surface area contributed by atoms with E-state index in [1.807, 2.05) is 0 Å². The van der Waals surface area contributed by atoms with Gasteiger partial charge in [-0.25, -0.2) is 9.59 Å². The maximum atomic E-state index is 11.4. The van der Waals surface area contributed by atoms with Crippen molar-refractivity contribution in [1.82, 2.24) is 0 Å². The molecule has 22 heavy (non-hydrogen) atoms. The predicted molar refractivity (Wildman–Crippen MR) is 74.3 cm³/mol. The van der Waals surface area contributed by atoms with Gasteiger partial charge >= 0.3 is 17.9 Å². The number of ketones is 1. The Bertz CT molecular complexity index is 465. The Labute approximate surface area is 128 Å². The second kappa shape index (κ2) is 8.96. The van der Waals surface area contributed by atoms with Gasteiger partial charge in [0.15, 0.2) is 0 Å². The average Bonchev–Trinajstić information content (AvgIpc) is 2.88. The van der Waals surface area contributed by atoms with E-state index in [0.29, 0.717) is 6.42 Å². The van der Waals surface area contributed by atoms with Gasteiger partial charge in [0.25, 0.3) is 0 Å². The molecule has 1 fully saturated rings. The SMILES string of the molecule is CC(C)C(=O)OCOC(=O)/C=C/C(=O)OCC1CCCC1=O. The Morgan fingerprint density at radius 1 is 1.14 bits per heavy atom. The molecule has 0 N–H and O–H groups in total. The summed E-state index contributed by atoms with van der Waals surface area (Å²) in [7, 11) is 0. The predicted octanol–water partition coefficient (Wildman–Crippen LogP) is 1.15. The van der Waals surface area contributed by atoms with Crippen LogP contribution in [0.3, 0.4) is 0 Å². The van der Waals surface area contributed by atoms with Crippen LogP contribution in [0.4, 0.5) is 0 Å². The summed E-state index contributed by atoms with van der Waals surface area (Å²) < 4.78 is 14.1. The summed E-state index contributed by atoms with van der Waals surface area (Å²) in [5, 5.41) is 0. The molecule has 1 atom stereocenters. The highest BCUT2D eigenvalue weighted by atomic mass is 16.7. The molecule has 0 aromatic rings. The van der Waals surface area contributed by atoms with E-state index in [9.17, 15) is 19.2 Å². The smallest absolute Gasteiger partial charge is 0.333 e. The summed E-state index contributed by atoms with van der Waals surface area (Å²) in [5.41, 5.74) is 0. The van der Waals surface area contributed by atoms with Crippen molar-refractivity contribution in [2.75, 3.05) is 13.4 Å². The fourth-order valence-electron chi connectivity index (χ4n) is 1.79. The van der Waals surface area contributed by atoms with Gasteiger partial charge in [0, 0.05) is 18.6 Å². The zero-order valence-electron chi connectivity index (χ0n) is 12.7. The van der Waals surface area contributed by atoms with Gasteiger partial charge in [0.05, 0.1) is 11.8 Å². The van der Waals surface area contributed by atoms with Crippen LogP contribution in [0.25, 0.3) is 0 Å². The molecule has 0 spiro atoms. The summed E-state index contributed by atoms with van der Waals surface area (Å²) in [6.45, 7) is 2.82. The summed E-state index contributed by atoms with van der Waals surface area (Å²) in [6.07, 6.45) is 3.85. The monoisotopic (exact) mass is 312 g/mol. The lowest BCUT2D eigenvalue weighted by atomic mass is 10.1. The third kappa shape index (κ3) is 6.51. The van der Waals surface area contributed by atoms with E-state index in [-0.39, 0.29) is 24.2 Å². The summed E-state index contributed by atoms with van der Waals surface area (Å²) in [6, 6.07) is 0. The second-order valence-corrected chi connectivity index (χ2v) is 5.22. The molecule has 0 heterocycles. The molecular weight excluding hydrogens is 292 g/mol. The molecule has 7 nitrogen and oxygen atoms in total. The van der Waals surface area contributed by atoms with E-state index < -0.39 is 24.7 Å². The third-order valence-electron chi connectivity index (χ3n) is 3.09. The molecule has 1 rings (SSSR count). The molecule has 0 aliphatic heterocycles. The Hall–Kier alpha value is -2.18. The van der Waals surface area contributed by atoms with Gasteiger partial charge < -0.3 is 14.2 Å². The molecule has 1 aliphatic rings. The fourth-order valence-corrected chi connectivity index (χ4v) is 1.79. The lowest BCUT2D eigenvalue weighted by Gasteiger charge is -2.07. The van der Waals surface area contributed by atoms with Gasteiger partial charge in [-0.3, -0.25) is 9.59 Å². The van der Waals surface area contributed by atoms with Gasteiger partial charge in [0.1, 0.15) is 12.4 Å². The van der Waals surface area contributed by atoms with E-state index in [1.54, 1.807) is 13.8 Å². The third-order valence-corrected chi connectivity index (χ3v) is 3.09. The highest BCUT2D eigenvalue weighted by Crippen LogP contribution is 2.21. The van der Waals surface area contributed by atoms with Crippen molar-refractivity contribution in [2.45, 2.75) is 33.1 Å². The van der Waals surface area contributed by atoms with Crippen molar-refractivity contribution in [2.24, 2.45) is 11.8 Å². The van der Waals surface area contributed by atoms with Crippen LogP contribution in [0.1, 0.15) is 33.1 Å². The molecule has 0 aromatic carbocycles. The van der Waals surface area contributed by atoms with E-state index in [2.05, 4.69) is 9.47 Å². The molecule has 1 saturated carbocycles. The number of rotatable bonds is 7. The number of carbonyl (C=O) groups is 4. The minimum atomic E-state index is -0.828. The number of carbonyl (C=O) groups excluding carboxylic acids is 4. The number of esters is 3. The standard InChI is InChI=1S/C15H20O7/c1-10(2)15(19)22-9-21-14(18)7-6-13(17)20-8-11-4-3-5-12(11)16/h6-7,10-11H,3-5,8-9H2,1-2H3/b7-6+. The van der Waals surface area contributed by atoms with E-state index in [0.717, 1.165) is 25.0 Å². The normalized spacial score (nSPS) is 17.8. The molecule has 7 heteroatoms.